The molecule has 0 spiro atoms. The number of H-pyrrole nitrogens is 1. The predicted octanol–water partition coefficient (Wildman–Crippen LogP) is 0.199. The summed E-state index contributed by atoms with van der Waals surface area (Å²) in [6, 6.07) is 1.50. The van der Waals surface area contributed by atoms with Gasteiger partial charge in [0.05, 0.1) is 0 Å². The second-order valence-corrected chi connectivity index (χ2v) is 4.50. The van der Waals surface area contributed by atoms with Gasteiger partial charge in [-0.05, 0) is 26.4 Å². The van der Waals surface area contributed by atoms with E-state index in [9.17, 15) is 9.59 Å². The summed E-state index contributed by atoms with van der Waals surface area (Å²) < 4.78 is 0. The van der Waals surface area contributed by atoms with Crippen LogP contribution in [0.2, 0.25) is 0 Å². The van der Waals surface area contributed by atoms with Crippen LogP contribution in [0, 0.1) is 0 Å². The van der Waals surface area contributed by atoms with Gasteiger partial charge < -0.3 is 15.2 Å². The van der Waals surface area contributed by atoms with Crippen molar-refractivity contribution in [2.75, 3.05) is 20.1 Å². The zero-order valence-electron chi connectivity index (χ0n) is 9.90. The molecule has 5 nitrogen and oxygen atoms in total. The zero-order valence-corrected chi connectivity index (χ0v) is 9.90. The molecule has 0 bridgehead atoms. The molecule has 5 heteroatoms. The van der Waals surface area contributed by atoms with Crippen molar-refractivity contribution in [3.05, 3.63) is 34.2 Å². The molecule has 1 amide bonds. The Morgan fingerprint density at radius 1 is 1.59 bits per heavy atom. The van der Waals surface area contributed by atoms with E-state index in [1.165, 1.54) is 18.5 Å². The third kappa shape index (κ3) is 2.94. The Bertz CT molecular complexity index is 455. The third-order valence-corrected chi connectivity index (χ3v) is 3.03. The summed E-state index contributed by atoms with van der Waals surface area (Å²) in [4.78, 5) is 28.3. The van der Waals surface area contributed by atoms with E-state index in [-0.39, 0.29) is 22.9 Å². The summed E-state index contributed by atoms with van der Waals surface area (Å²) in [5.74, 6) is -0.285. The van der Waals surface area contributed by atoms with Crippen molar-refractivity contribution in [1.29, 1.82) is 0 Å². The number of nitrogens with zero attached hydrogens (tertiary/aromatic N) is 1. The molecule has 1 atom stereocenters. The summed E-state index contributed by atoms with van der Waals surface area (Å²) >= 11 is 0. The number of aromatic nitrogens is 1. The summed E-state index contributed by atoms with van der Waals surface area (Å²) in [5.41, 5.74) is -0.0638. The normalized spacial score (nSPS) is 21.1. The van der Waals surface area contributed by atoms with E-state index in [4.69, 9.17) is 0 Å². The lowest BCUT2D eigenvalue weighted by atomic mass is 10.1. The van der Waals surface area contributed by atoms with Crippen LogP contribution in [0.25, 0.3) is 0 Å². The summed E-state index contributed by atoms with van der Waals surface area (Å²) in [7, 11) is 2.04. The molecule has 1 unspecified atom stereocenters. The van der Waals surface area contributed by atoms with Crippen LogP contribution >= 0.6 is 0 Å². The van der Waals surface area contributed by atoms with Crippen LogP contribution < -0.4 is 10.7 Å². The molecule has 0 radical (unpaired) electrons. The van der Waals surface area contributed by atoms with E-state index in [0.717, 1.165) is 25.9 Å². The van der Waals surface area contributed by atoms with Gasteiger partial charge in [0.2, 0.25) is 0 Å². The number of amides is 1. The number of likely N-dealkylation sites (tertiary alicyclic amines) is 1. The number of pyridine rings is 1. The first-order chi connectivity index (χ1) is 8.16. The van der Waals surface area contributed by atoms with E-state index in [2.05, 4.69) is 15.2 Å². The molecule has 17 heavy (non-hydrogen) atoms. The Morgan fingerprint density at radius 2 is 2.41 bits per heavy atom. The van der Waals surface area contributed by atoms with Crippen molar-refractivity contribution in [2.45, 2.75) is 18.9 Å². The Labute approximate surface area is 99.8 Å². The van der Waals surface area contributed by atoms with Gasteiger partial charge in [0.15, 0.2) is 5.43 Å². The molecule has 1 aliphatic rings. The highest BCUT2D eigenvalue weighted by Crippen LogP contribution is 2.08. The Kier molecular flexibility index (Phi) is 3.58. The molecule has 2 N–H and O–H groups in total. The highest BCUT2D eigenvalue weighted by molar-refractivity contribution is 5.93. The minimum absolute atomic E-state index is 0.140. The highest BCUT2D eigenvalue weighted by atomic mass is 16.2. The third-order valence-electron chi connectivity index (χ3n) is 3.03. The average Bonchev–Trinajstić information content (AvgIpc) is 2.29. The molecule has 1 aromatic rings. The number of hydrogen-bond acceptors (Lipinski definition) is 3. The van der Waals surface area contributed by atoms with Gasteiger partial charge in [0.1, 0.15) is 5.56 Å². The number of carbonyl (C=O) groups excluding carboxylic acids is 1. The number of hydrogen-bond donors (Lipinski definition) is 2. The monoisotopic (exact) mass is 235 g/mol. The van der Waals surface area contributed by atoms with Crippen LogP contribution in [0.1, 0.15) is 23.2 Å². The first-order valence-corrected chi connectivity index (χ1v) is 5.83. The van der Waals surface area contributed by atoms with Gasteiger partial charge in [0.25, 0.3) is 5.91 Å². The van der Waals surface area contributed by atoms with Gasteiger partial charge in [-0.1, -0.05) is 0 Å². The van der Waals surface area contributed by atoms with Crippen molar-refractivity contribution < 1.29 is 4.79 Å². The lowest BCUT2D eigenvalue weighted by Gasteiger charge is -2.30. The second-order valence-electron chi connectivity index (χ2n) is 4.50. The molecule has 0 aliphatic carbocycles. The minimum atomic E-state index is -0.285. The van der Waals surface area contributed by atoms with Crippen molar-refractivity contribution in [2.24, 2.45) is 0 Å². The Morgan fingerprint density at radius 3 is 3.12 bits per heavy atom. The van der Waals surface area contributed by atoms with Crippen LogP contribution in [0.3, 0.4) is 0 Å². The Hall–Kier alpha value is -1.62. The lowest BCUT2D eigenvalue weighted by molar-refractivity contribution is 0.0911. The van der Waals surface area contributed by atoms with Gasteiger partial charge in [-0.25, -0.2) is 0 Å². The van der Waals surface area contributed by atoms with Crippen LogP contribution in [-0.2, 0) is 0 Å². The maximum absolute atomic E-state index is 11.9. The molecule has 92 valence electrons. The molecule has 1 saturated heterocycles. The summed E-state index contributed by atoms with van der Waals surface area (Å²) in [6.07, 6.45) is 5.02. The quantitative estimate of drug-likeness (QED) is 0.769. The van der Waals surface area contributed by atoms with Gasteiger partial charge in [-0.2, -0.15) is 0 Å². The predicted molar refractivity (Wildman–Crippen MR) is 65.0 cm³/mol. The van der Waals surface area contributed by atoms with Crippen LogP contribution in [0.4, 0.5) is 0 Å². The molecule has 1 aliphatic heterocycles. The standard InChI is InChI=1S/C12H17N3O2/c1-15-6-2-3-9(8-15)14-12(17)10-7-13-5-4-11(10)16/h4-5,7,9H,2-3,6,8H2,1H3,(H,13,16)(H,14,17). The van der Waals surface area contributed by atoms with E-state index >= 15 is 0 Å². The smallest absolute Gasteiger partial charge is 0.257 e. The fraction of sp³-hybridized carbons (Fsp3) is 0.500. The zero-order chi connectivity index (χ0) is 12.3. The first kappa shape index (κ1) is 11.9. The number of piperidine rings is 1. The molecular formula is C12H17N3O2. The molecule has 1 fully saturated rings. The molecule has 0 aromatic carbocycles. The largest absolute Gasteiger partial charge is 0.367 e. The fourth-order valence-corrected chi connectivity index (χ4v) is 2.14. The summed E-state index contributed by atoms with van der Waals surface area (Å²) in [6.45, 7) is 1.91. The molecule has 1 aromatic heterocycles. The van der Waals surface area contributed by atoms with Crippen molar-refractivity contribution >= 4 is 5.91 Å². The molecular weight excluding hydrogens is 218 g/mol. The Balaban J connectivity index is 2.02. The van der Waals surface area contributed by atoms with Gasteiger partial charge >= 0.3 is 0 Å². The minimum Gasteiger partial charge on any atom is -0.367 e. The maximum atomic E-state index is 11.9. The molecule has 2 heterocycles. The van der Waals surface area contributed by atoms with E-state index in [1.807, 2.05) is 7.05 Å². The molecule has 2 rings (SSSR count). The van der Waals surface area contributed by atoms with E-state index < -0.39 is 0 Å². The first-order valence-electron chi connectivity index (χ1n) is 5.83. The average molecular weight is 235 g/mol. The second kappa shape index (κ2) is 5.14. The summed E-state index contributed by atoms with van der Waals surface area (Å²) in [5, 5.41) is 2.91. The maximum Gasteiger partial charge on any atom is 0.257 e. The number of nitrogens with one attached hydrogen (secondary N) is 2. The SMILES string of the molecule is CN1CCCC(NC(=O)c2c[nH]ccc2=O)C1. The van der Waals surface area contributed by atoms with Crippen LogP contribution in [-0.4, -0.2) is 42.0 Å². The van der Waals surface area contributed by atoms with Gasteiger partial charge in [-0.15, -0.1) is 0 Å². The number of aromatic amines is 1. The number of rotatable bonds is 2. The number of likely N-dealkylation sites (N-methyl/N-ethyl adjacent to an activating group) is 1. The van der Waals surface area contributed by atoms with E-state index in [0.29, 0.717) is 0 Å². The van der Waals surface area contributed by atoms with Crippen molar-refractivity contribution in [1.82, 2.24) is 15.2 Å². The fourth-order valence-electron chi connectivity index (χ4n) is 2.14. The number of carbonyl (C=O) groups is 1. The van der Waals surface area contributed by atoms with E-state index in [1.54, 1.807) is 0 Å². The van der Waals surface area contributed by atoms with Crippen molar-refractivity contribution in [3.63, 3.8) is 0 Å². The van der Waals surface area contributed by atoms with Gasteiger partial charge in [0, 0.05) is 31.0 Å². The van der Waals surface area contributed by atoms with Gasteiger partial charge in [-0.3, -0.25) is 9.59 Å². The lowest BCUT2D eigenvalue weighted by Crippen LogP contribution is -2.47. The highest BCUT2D eigenvalue weighted by Gasteiger charge is 2.20. The molecule has 0 saturated carbocycles. The van der Waals surface area contributed by atoms with Crippen LogP contribution in [0.5, 0.6) is 0 Å². The topological polar surface area (TPSA) is 65.2 Å². The van der Waals surface area contributed by atoms with Crippen molar-refractivity contribution in [3.8, 4) is 0 Å². The van der Waals surface area contributed by atoms with Crippen LogP contribution in [0.15, 0.2) is 23.3 Å².